The average Bonchev–Trinajstić information content (AvgIpc) is 2.26. The van der Waals surface area contributed by atoms with Crippen LogP contribution in [-0.2, 0) is 0 Å². The van der Waals surface area contributed by atoms with Crippen LogP contribution >= 0.6 is 11.6 Å². The molecule has 0 saturated carbocycles. The zero-order valence-electron chi connectivity index (χ0n) is 9.94. The highest BCUT2D eigenvalue weighted by molar-refractivity contribution is 6.28. The molecule has 1 unspecified atom stereocenters. The molecular weight excluding hydrogens is 224 g/mol. The Bertz CT molecular complexity index is 382. The van der Waals surface area contributed by atoms with Gasteiger partial charge in [0.2, 0.25) is 5.28 Å². The molecule has 0 spiro atoms. The molecule has 1 aromatic rings. The van der Waals surface area contributed by atoms with Gasteiger partial charge in [0, 0.05) is 37.4 Å². The Morgan fingerprint density at radius 1 is 1.44 bits per heavy atom. The molecule has 0 aliphatic carbocycles. The first-order chi connectivity index (χ1) is 7.58. The molecule has 1 aliphatic heterocycles. The molecule has 1 aliphatic rings. The van der Waals surface area contributed by atoms with Gasteiger partial charge in [-0.2, -0.15) is 0 Å². The van der Waals surface area contributed by atoms with Crippen LogP contribution in [-0.4, -0.2) is 47.6 Å². The lowest BCUT2D eigenvalue weighted by atomic mass is 10.2. The maximum absolute atomic E-state index is 5.84. The monoisotopic (exact) mass is 240 g/mol. The first-order valence-corrected chi connectivity index (χ1v) is 5.90. The minimum atomic E-state index is 0.326. The van der Waals surface area contributed by atoms with Gasteiger partial charge in [0.05, 0.1) is 0 Å². The number of piperazine rings is 1. The van der Waals surface area contributed by atoms with Gasteiger partial charge in [-0.3, -0.25) is 0 Å². The van der Waals surface area contributed by atoms with Gasteiger partial charge in [0.15, 0.2) is 0 Å². The van der Waals surface area contributed by atoms with Gasteiger partial charge in [-0.05, 0) is 32.5 Å². The highest BCUT2D eigenvalue weighted by Gasteiger charge is 2.22. The molecule has 16 heavy (non-hydrogen) atoms. The molecule has 2 rings (SSSR count). The minimum Gasteiger partial charge on any atom is -0.353 e. The van der Waals surface area contributed by atoms with Crippen LogP contribution in [0.3, 0.4) is 0 Å². The zero-order valence-corrected chi connectivity index (χ0v) is 10.7. The Morgan fingerprint density at radius 3 is 2.88 bits per heavy atom. The van der Waals surface area contributed by atoms with Crippen LogP contribution in [0.15, 0.2) is 6.20 Å². The molecule has 0 amide bonds. The predicted octanol–water partition coefficient (Wildman–Crippen LogP) is 1.58. The van der Waals surface area contributed by atoms with Crippen molar-refractivity contribution in [2.24, 2.45) is 0 Å². The summed E-state index contributed by atoms with van der Waals surface area (Å²) < 4.78 is 0. The van der Waals surface area contributed by atoms with Crippen LogP contribution in [0.2, 0.25) is 5.28 Å². The zero-order chi connectivity index (χ0) is 11.7. The Labute approximate surface area is 101 Å². The number of aromatic nitrogens is 2. The first-order valence-electron chi connectivity index (χ1n) is 5.52. The van der Waals surface area contributed by atoms with Crippen molar-refractivity contribution in [1.82, 2.24) is 14.9 Å². The van der Waals surface area contributed by atoms with Gasteiger partial charge in [-0.25, -0.2) is 9.97 Å². The summed E-state index contributed by atoms with van der Waals surface area (Å²) in [6.07, 6.45) is 1.79. The van der Waals surface area contributed by atoms with Crippen LogP contribution in [0.25, 0.3) is 0 Å². The molecule has 1 aromatic heterocycles. The number of rotatable bonds is 1. The van der Waals surface area contributed by atoms with Gasteiger partial charge in [0.1, 0.15) is 5.82 Å². The Morgan fingerprint density at radius 2 is 2.19 bits per heavy atom. The number of hydrogen-bond donors (Lipinski definition) is 0. The summed E-state index contributed by atoms with van der Waals surface area (Å²) in [6.45, 7) is 7.29. The average molecular weight is 241 g/mol. The van der Waals surface area contributed by atoms with Crippen LogP contribution < -0.4 is 4.90 Å². The van der Waals surface area contributed by atoms with E-state index in [1.54, 1.807) is 6.20 Å². The topological polar surface area (TPSA) is 32.3 Å². The quantitative estimate of drug-likeness (QED) is 0.698. The smallest absolute Gasteiger partial charge is 0.224 e. The molecule has 4 nitrogen and oxygen atoms in total. The third kappa shape index (κ3) is 2.28. The number of aryl methyl sites for hydroxylation is 1. The van der Waals surface area contributed by atoms with Crippen molar-refractivity contribution in [3.05, 3.63) is 17.0 Å². The van der Waals surface area contributed by atoms with E-state index in [1.165, 1.54) is 0 Å². The normalized spacial score (nSPS) is 22.5. The standard InChI is InChI=1S/C11H17ClN4/c1-8-6-13-11(12)14-10(8)16-5-4-15(3)9(2)7-16/h6,9H,4-5,7H2,1-3H3. The predicted molar refractivity (Wildman–Crippen MR) is 66.1 cm³/mol. The van der Waals surface area contributed by atoms with Crippen LogP contribution in [0.5, 0.6) is 0 Å². The van der Waals surface area contributed by atoms with Crippen molar-refractivity contribution in [2.75, 3.05) is 31.6 Å². The summed E-state index contributed by atoms with van der Waals surface area (Å²) in [6, 6.07) is 0.543. The second kappa shape index (κ2) is 4.55. The number of hydrogen-bond acceptors (Lipinski definition) is 4. The van der Waals surface area contributed by atoms with Gasteiger partial charge in [-0.15, -0.1) is 0 Å². The van der Waals surface area contributed by atoms with E-state index < -0.39 is 0 Å². The van der Waals surface area contributed by atoms with Gasteiger partial charge in [-0.1, -0.05) is 0 Å². The number of nitrogens with zero attached hydrogens (tertiary/aromatic N) is 4. The third-order valence-electron chi connectivity index (χ3n) is 3.17. The molecule has 0 aromatic carbocycles. The summed E-state index contributed by atoms with van der Waals surface area (Å²) in [5.74, 6) is 0.972. The molecule has 1 fully saturated rings. The second-order valence-corrected chi connectivity index (χ2v) is 4.76. The SMILES string of the molecule is Cc1cnc(Cl)nc1N1CCN(C)C(C)C1. The summed E-state index contributed by atoms with van der Waals surface area (Å²) in [5, 5.41) is 0.326. The molecule has 88 valence electrons. The largest absolute Gasteiger partial charge is 0.353 e. The molecule has 2 heterocycles. The molecule has 0 N–H and O–H groups in total. The highest BCUT2D eigenvalue weighted by Crippen LogP contribution is 2.20. The van der Waals surface area contributed by atoms with E-state index in [2.05, 4.69) is 33.7 Å². The molecule has 0 bridgehead atoms. The Balaban J connectivity index is 2.21. The van der Waals surface area contributed by atoms with Gasteiger partial charge in [0.25, 0.3) is 0 Å². The number of likely N-dealkylation sites (N-methyl/N-ethyl adjacent to an activating group) is 1. The highest BCUT2D eigenvalue weighted by atomic mass is 35.5. The Hall–Kier alpha value is -0.870. The van der Waals surface area contributed by atoms with Gasteiger partial charge >= 0.3 is 0 Å². The molecule has 1 saturated heterocycles. The fourth-order valence-corrected chi connectivity index (χ4v) is 2.10. The number of anilines is 1. The van der Waals surface area contributed by atoms with E-state index in [0.717, 1.165) is 31.0 Å². The maximum atomic E-state index is 5.84. The molecule has 0 radical (unpaired) electrons. The lowest BCUT2D eigenvalue weighted by molar-refractivity contribution is 0.233. The van der Waals surface area contributed by atoms with Crippen molar-refractivity contribution in [3.63, 3.8) is 0 Å². The fraction of sp³-hybridized carbons (Fsp3) is 0.636. The van der Waals surface area contributed by atoms with Crippen molar-refractivity contribution >= 4 is 17.4 Å². The van der Waals surface area contributed by atoms with Crippen LogP contribution in [0.1, 0.15) is 12.5 Å². The summed E-state index contributed by atoms with van der Waals surface area (Å²) >= 11 is 5.84. The van der Waals surface area contributed by atoms with E-state index in [0.29, 0.717) is 11.3 Å². The fourth-order valence-electron chi connectivity index (χ4n) is 1.97. The maximum Gasteiger partial charge on any atom is 0.224 e. The molecule has 5 heteroatoms. The van der Waals surface area contributed by atoms with Crippen molar-refractivity contribution in [1.29, 1.82) is 0 Å². The summed E-state index contributed by atoms with van der Waals surface area (Å²) in [4.78, 5) is 12.9. The second-order valence-electron chi connectivity index (χ2n) is 4.42. The van der Waals surface area contributed by atoms with E-state index in [-0.39, 0.29) is 0 Å². The van der Waals surface area contributed by atoms with Crippen LogP contribution in [0, 0.1) is 6.92 Å². The molecule has 1 atom stereocenters. The van der Waals surface area contributed by atoms with Gasteiger partial charge < -0.3 is 9.80 Å². The number of halogens is 1. The minimum absolute atomic E-state index is 0.326. The summed E-state index contributed by atoms with van der Waals surface area (Å²) in [7, 11) is 2.15. The van der Waals surface area contributed by atoms with Crippen molar-refractivity contribution in [3.8, 4) is 0 Å². The van der Waals surface area contributed by atoms with E-state index in [9.17, 15) is 0 Å². The molecular formula is C11H17ClN4. The van der Waals surface area contributed by atoms with E-state index >= 15 is 0 Å². The Kier molecular flexibility index (Phi) is 3.30. The van der Waals surface area contributed by atoms with Crippen LogP contribution in [0.4, 0.5) is 5.82 Å². The third-order valence-corrected chi connectivity index (χ3v) is 3.36. The van der Waals surface area contributed by atoms with Crippen molar-refractivity contribution < 1.29 is 0 Å². The summed E-state index contributed by atoms with van der Waals surface area (Å²) in [5.41, 5.74) is 1.08. The van der Waals surface area contributed by atoms with E-state index in [1.807, 2.05) is 6.92 Å². The van der Waals surface area contributed by atoms with Crippen molar-refractivity contribution in [2.45, 2.75) is 19.9 Å². The van der Waals surface area contributed by atoms with E-state index in [4.69, 9.17) is 11.6 Å². The first kappa shape index (κ1) is 11.6. The lowest BCUT2D eigenvalue weighted by Gasteiger charge is -2.38. The lowest BCUT2D eigenvalue weighted by Crippen LogP contribution is -2.50.